The Hall–Kier alpha value is -7.08. The lowest BCUT2D eigenvalue weighted by atomic mass is 9.98. The summed E-state index contributed by atoms with van der Waals surface area (Å²) in [6.45, 7) is 9.09. The predicted octanol–water partition coefficient (Wildman–Crippen LogP) is 6.81. The normalized spacial score (nSPS) is 15.9. The van der Waals surface area contributed by atoms with Gasteiger partial charge in [-0.05, 0) is 143 Å². The van der Waals surface area contributed by atoms with Crippen LogP contribution in [0.5, 0.6) is 0 Å². The highest BCUT2D eigenvalue weighted by Gasteiger charge is 2.34. The van der Waals surface area contributed by atoms with Gasteiger partial charge in [-0.3, -0.25) is 57.5 Å². The molecule has 0 saturated carbocycles. The molecule has 8 atom stereocenters. The summed E-state index contributed by atoms with van der Waals surface area (Å²) in [5, 5.41) is 26.3. The number of Topliss-reactive ketones (excluding diaryl/α,β-unsaturated/α-hetero) is 2. The van der Waals surface area contributed by atoms with Crippen LogP contribution < -0.4 is 0 Å². The molecule has 0 aromatic heterocycles. The molecule has 0 aromatic carbocycles. The predicted molar refractivity (Wildman–Crippen MR) is 361 cm³/mol. The van der Waals surface area contributed by atoms with E-state index in [9.17, 15) is 57.5 Å². The van der Waals surface area contributed by atoms with Crippen molar-refractivity contribution in [3.05, 3.63) is 0 Å². The molecule has 3 aliphatic rings. The van der Waals surface area contributed by atoms with Gasteiger partial charge in [0.25, 0.3) is 0 Å². The minimum Gasteiger partial charge on any atom is -0.466 e. The van der Waals surface area contributed by atoms with Crippen molar-refractivity contribution in [3.8, 4) is 24.7 Å². The fourth-order valence-electron chi connectivity index (χ4n) is 9.87. The molecule has 3 N–H and O–H groups in total. The Bertz CT molecular complexity index is 2470. The van der Waals surface area contributed by atoms with Crippen LogP contribution in [0.4, 0.5) is 0 Å². The molecule has 101 heavy (non-hydrogen) atoms. The van der Waals surface area contributed by atoms with Crippen LogP contribution in [0, 0.1) is 54.3 Å². The van der Waals surface area contributed by atoms with Gasteiger partial charge in [-0.1, -0.05) is 0 Å². The van der Waals surface area contributed by atoms with E-state index >= 15 is 0 Å². The Balaban J connectivity index is 0.000000768. The lowest BCUT2D eigenvalue weighted by molar-refractivity contribution is -0.152. The number of hydrogen-bond acceptors (Lipinski definition) is 28. The van der Waals surface area contributed by atoms with Crippen molar-refractivity contribution in [2.24, 2.45) is 29.6 Å². The maximum atomic E-state index is 12.6. The summed E-state index contributed by atoms with van der Waals surface area (Å²) in [5.41, 5.74) is 0. The molecule has 574 valence electrons. The molecule has 0 aliphatic carbocycles. The SMILES string of the molecule is C#CCC(CCCO)C(=O)OCCCC(CC1CO1)C(=O)OCCCCC(=O)OCC.C#CCC(CCCOC(=O)CCC(=O)CCO)C(=O)OCCCC(CC1CO1)C(=O)OCCCCC(=O)OCC.CCOC(=O)CCCCOC(=O)C(CCCOC(=O)CCC(=O)CCO)CC1CO1. The van der Waals surface area contributed by atoms with E-state index < -0.39 is 29.7 Å². The Morgan fingerprint density at radius 2 is 0.584 bits per heavy atom. The van der Waals surface area contributed by atoms with Gasteiger partial charge < -0.3 is 76.9 Å². The molecule has 3 saturated heterocycles. The third-order valence-electron chi connectivity index (χ3n) is 15.7. The monoisotopic (exact) mass is 1440 g/mol. The first-order valence-electron chi connectivity index (χ1n) is 36.0. The summed E-state index contributed by atoms with van der Waals surface area (Å²) < 4.78 is 67.3. The van der Waals surface area contributed by atoms with Crippen LogP contribution in [0.2, 0.25) is 0 Å². The van der Waals surface area contributed by atoms with Gasteiger partial charge in [-0.2, -0.15) is 0 Å². The van der Waals surface area contributed by atoms with Crippen LogP contribution in [0.25, 0.3) is 0 Å². The topological polar surface area (TPSA) is 395 Å². The van der Waals surface area contributed by atoms with E-state index in [1.165, 1.54) is 0 Å². The number of hydrogen-bond donors (Lipinski definition) is 3. The Morgan fingerprint density at radius 1 is 0.327 bits per heavy atom. The average Bonchev–Trinajstić information content (AvgIpc) is 1.81. The number of unbranched alkanes of at least 4 members (excludes halogenated alkanes) is 3. The highest BCUT2D eigenvalue weighted by Crippen LogP contribution is 2.28. The van der Waals surface area contributed by atoms with Crippen molar-refractivity contribution in [2.75, 3.05) is 106 Å². The van der Waals surface area contributed by atoms with Crippen molar-refractivity contribution < 1.29 is 134 Å². The minimum absolute atomic E-state index is 0.00417. The number of aliphatic hydroxyl groups excluding tert-OH is 3. The van der Waals surface area contributed by atoms with Gasteiger partial charge in [-0.15, -0.1) is 24.7 Å². The third kappa shape index (κ3) is 52.5. The van der Waals surface area contributed by atoms with Crippen molar-refractivity contribution in [2.45, 2.75) is 232 Å². The van der Waals surface area contributed by atoms with E-state index in [0.717, 1.165) is 0 Å². The third-order valence-corrected chi connectivity index (χ3v) is 15.7. The van der Waals surface area contributed by atoms with E-state index in [4.69, 9.17) is 89.7 Å². The van der Waals surface area contributed by atoms with E-state index in [2.05, 4.69) is 11.8 Å². The molecule has 0 aromatic rings. The van der Waals surface area contributed by atoms with Gasteiger partial charge in [0, 0.05) is 77.6 Å². The number of carbonyl (C=O) groups is 12. The summed E-state index contributed by atoms with van der Waals surface area (Å²) in [6.07, 6.45) is 22.4. The second kappa shape index (κ2) is 60.5. The number of esters is 10. The highest BCUT2D eigenvalue weighted by molar-refractivity contribution is 5.83. The summed E-state index contributed by atoms with van der Waals surface area (Å²) in [6, 6.07) is 0. The highest BCUT2D eigenvalue weighted by atomic mass is 16.6. The Kier molecular flexibility index (Phi) is 55.1. The number of ketones is 2. The number of ether oxygens (including phenoxy) is 13. The molecule has 0 amide bonds. The maximum Gasteiger partial charge on any atom is 0.309 e. The zero-order chi connectivity index (χ0) is 74.7. The molecule has 0 bridgehead atoms. The van der Waals surface area contributed by atoms with Crippen LogP contribution in [0.3, 0.4) is 0 Å². The lowest BCUT2D eigenvalue weighted by Gasteiger charge is -2.16. The minimum atomic E-state index is -0.537. The van der Waals surface area contributed by atoms with Crippen molar-refractivity contribution in [1.82, 2.24) is 0 Å². The number of aliphatic hydroxyl groups is 3. The Labute approximate surface area is 595 Å². The fourth-order valence-corrected chi connectivity index (χ4v) is 9.87. The van der Waals surface area contributed by atoms with Gasteiger partial charge >= 0.3 is 59.7 Å². The summed E-state index contributed by atoms with van der Waals surface area (Å²) in [4.78, 5) is 142. The molecule has 28 heteroatoms. The summed E-state index contributed by atoms with van der Waals surface area (Å²) in [5.74, 6) is -0.849. The average molecular weight is 1440 g/mol. The van der Waals surface area contributed by atoms with Crippen molar-refractivity contribution in [3.63, 3.8) is 0 Å². The Morgan fingerprint density at radius 3 is 0.851 bits per heavy atom. The smallest absolute Gasteiger partial charge is 0.309 e. The molecule has 3 fully saturated rings. The largest absolute Gasteiger partial charge is 0.466 e. The molecule has 28 nitrogen and oxygen atoms in total. The standard InChI is InChI=1S/C29H44O11.C23H36O8.C21H34O9/c1-3-9-22(10-7-18-37-27(33)14-13-24(31)15-16-30)28(34)39-19-8-11-23(20-25-21-40-25)29(35)38-17-6-5-12-26(32)36-4-2;1-3-9-18(10-7-13-24)22(26)30-15-8-11-19(16-20-17-31-20)23(27)29-14-6-5-12-21(25)28-4-2;1-2-27-19(24)7-3-4-12-29-21(26)16(14-18-15-30-18)6-5-13-28-20(25)9-8-17(23)10-11-22/h1,22-23,25,30H,4-21H2,2H3;1,18-20,24H,4-17H2,2H3;16,18,22H,2-15H2,1H3. The molecule has 8 unspecified atom stereocenters. The molecule has 0 radical (unpaired) electrons. The van der Waals surface area contributed by atoms with Gasteiger partial charge in [0.2, 0.25) is 0 Å². The maximum absolute atomic E-state index is 12.6. The van der Waals surface area contributed by atoms with Crippen molar-refractivity contribution in [1.29, 1.82) is 0 Å². The van der Waals surface area contributed by atoms with Crippen LogP contribution in [-0.4, -0.2) is 211 Å². The first kappa shape index (κ1) is 91.9. The quantitative estimate of drug-likeness (QED) is 0.0185. The number of carbonyl (C=O) groups excluding carboxylic acids is 12. The van der Waals surface area contributed by atoms with Crippen LogP contribution >= 0.6 is 0 Å². The van der Waals surface area contributed by atoms with Gasteiger partial charge in [0.1, 0.15) is 11.6 Å². The molecular weight excluding hydrogens is 1320 g/mol. The lowest BCUT2D eigenvalue weighted by Crippen LogP contribution is -2.22. The second-order valence-electron chi connectivity index (χ2n) is 24.4. The van der Waals surface area contributed by atoms with Gasteiger partial charge in [-0.25, -0.2) is 0 Å². The fraction of sp³-hybridized carbons (Fsp3) is 0.781. The number of rotatable bonds is 60. The summed E-state index contributed by atoms with van der Waals surface area (Å²) >= 11 is 0. The van der Waals surface area contributed by atoms with Gasteiger partial charge in [0.15, 0.2) is 0 Å². The van der Waals surface area contributed by atoms with Crippen molar-refractivity contribution >= 4 is 71.3 Å². The second-order valence-corrected chi connectivity index (χ2v) is 24.4. The first-order valence-corrected chi connectivity index (χ1v) is 36.0. The summed E-state index contributed by atoms with van der Waals surface area (Å²) in [7, 11) is 0. The van der Waals surface area contributed by atoms with Gasteiger partial charge in [0.05, 0.1) is 147 Å². The van der Waals surface area contributed by atoms with E-state index in [-0.39, 0.29) is 213 Å². The molecule has 0 spiro atoms. The van der Waals surface area contributed by atoms with E-state index in [1.807, 2.05) is 0 Å². The zero-order valence-corrected chi connectivity index (χ0v) is 59.8. The van der Waals surface area contributed by atoms with Crippen LogP contribution in [0.1, 0.15) is 213 Å². The first-order chi connectivity index (χ1) is 48.8. The van der Waals surface area contributed by atoms with E-state index in [0.29, 0.717) is 174 Å². The number of epoxide rings is 3. The molecular formula is C73H114O28. The van der Waals surface area contributed by atoms with Crippen LogP contribution in [-0.2, 0) is 119 Å². The zero-order valence-electron chi connectivity index (χ0n) is 59.8. The molecule has 3 rings (SSSR count). The molecule has 3 heterocycles. The number of terminal acetylenes is 2. The molecule has 3 aliphatic heterocycles. The van der Waals surface area contributed by atoms with Crippen LogP contribution in [0.15, 0.2) is 0 Å². The van der Waals surface area contributed by atoms with E-state index in [1.54, 1.807) is 20.8 Å².